The Balaban J connectivity index is 3.19. The van der Waals surface area contributed by atoms with Gasteiger partial charge in [-0.3, -0.25) is 0 Å². The molecule has 0 amide bonds. The van der Waals surface area contributed by atoms with E-state index in [9.17, 15) is 4.79 Å². The normalized spacial score (nSPS) is 12.0. The third-order valence-corrected chi connectivity index (χ3v) is 4.08. The highest BCUT2D eigenvalue weighted by atomic mass is 16.4. The van der Waals surface area contributed by atoms with Crippen molar-refractivity contribution in [2.75, 3.05) is 0 Å². The lowest BCUT2D eigenvalue weighted by atomic mass is 10.1. The smallest absolute Gasteiger partial charge is 0.327 e. The molecule has 0 rings (SSSR count). The highest BCUT2D eigenvalue weighted by Crippen LogP contribution is 2.10. The molecule has 0 aromatic rings. The van der Waals surface area contributed by atoms with E-state index in [-0.39, 0.29) is 0 Å². The largest absolute Gasteiger partial charge is 0.478 e. The first-order valence-electron chi connectivity index (χ1n) is 9.96. The van der Waals surface area contributed by atoms with Gasteiger partial charge in [-0.2, -0.15) is 0 Å². The van der Waals surface area contributed by atoms with Crippen LogP contribution >= 0.6 is 0 Å². The SMILES string of the molecule is CCCCCC=CCC=CCCCCCCCCCC=CC(=O)O. The molecule has 0 saturated heterocycles. The van der Waals surface area contributed by atoms with Crippen molar-refractivity contribution in [3.05, 3.63) is 36.5 Å². The number of carbonyl (C=O) groups is 1. The minimum atomic E-state index is -0.841. The number of hydrogen-bond donors (Lipinski definition) is 1. The van der Waals surface area contributed by atoms with Gasteiger partial charge in [0, 0.05) is 6.08 Å². The molecular weight excluding hydrogens is 296 g/mol. The van der Waals surface area contributed by atoms with Gasteiger partial charge in [0.15, 0.2) is 0 Å². The van der Waals surface area contributed by atoms with Crippen molar-refractivity contribution in [2.24, 2.45) is 0 Å². The third kappa shape index (κ3) is 20.7. The van der Waals surface area contributed by atoms with Gasteiger partial charge in [0.1, 0.15) is 0 Å². The van der Waals surface area contributed by atoms with Crippen molar-refractivity contribution in [1.29, 1.82) is 0 Å². The van der Waals surface area contributed by atoms with E-state index in [1.54, 1.807) is 6.08 Å². The van der Waals surface area contributed by atoms with E-state index in [0.717, 1.165) is 19.3 Å². The zero-order valence-corrected chi connectivity index (χ0v) is 15.7. The van der Waals surface area contributed by atoms with E-state index < -0.39 is 5.97 Å². The van der Waals surface area contributed by atoms with Gasteiger partial charge in [-0.25, -0.2) is 4.79 Å². The van der Waals surface area contributed by atoms with Gasteiger partial charge in [-0.15, -0.1) is 0 Å². The van der Waals surface area contributed by atoms with Crippen LogP contribution in [0, 0.1) is 0 Å². The Labute approximate surface area is 149 Å². The Morgan fingerprint density at radius 3 is 1.62 bits per heavy atom. The zero-order chi connectivity index (χ0) is 17.7. The fourth-order valence-electron chi connectivity index (χ4n) is 2.61. The molecule has 1 N–H and O–H groups in total. The fourth-order valence-corrected chi connectivity index (χ4v) is 2.61. The van der Waals surface area contributed by atoms with Crippen molar-refractivity contribution in [2.45, 2.75) is 96.8 Å². The van der Waals surface area contributed by atoms with E-state index in [2.05, 4.69) is 31.2 Å². The molecule has 0 heterocycles. The minimum absolute atomic E-state index is 0.841. The van der Waals surface area contributed by atoms with Crippen LogP contribution in [0.1, 0.15) is 96.8 Å². The van der Waals surface area contributed by atoms with Crippen LogP contribution in [-0.4, -0.2) is 11.1 Å². The Morgan fingerprint density at radius 2 is 1.12 bits per heavy atom. The second-order valence-electron chi connectivity index (χ2n) is 6.47. The topological polar surface area (TPSA) is 37.3 Å². The summed E-state index contributed by atoms with van der Waals surface area (Å²) in [6.07, 6.45) is 29.5. The summed E-state index contributed by atoms with van der Waals surface area (Å²) in [6, 6.07) is 0. The summed E-state index contributed by atoms with van der Waals surface area (Å²) in [5, 5.41) is 8.46. The molecule has 0 atom stereocenters. The number of allylic oxidation sites excluding steroid dienone is 5. The van der Waals surface area contributed by atoms with Crippen LogP contribution in [0.2, 0.25) is 0 Å². The van der Waals surface area contributed by atoms with Crippen LogP contribution < -0.4 is 0 Å². The molecule has 138 valence electrons. The summed E-state index contributed by atoms with van der Waals surface area (Å²) >= 11 is 0. The highest BCUT2D eigenvalue weighted by Gasteiger charge is 1.91. The summed E-state index contributed by atoms with van der Waals surface area (Å²) in [5.41, 5.74) is 0. The molecule has 2 heteroatoms. The van der Waals surface area contributed by atoms with E-state index in [0.29, 0.717) is 0 Å². The van der Waals surface area contributed by atoms with Crippen LogP contribution in [0.4, 0.5) is 0 Å². The van der Waals surface area contributed by atoms with Crippen molar-refractivity contribution in [1.82, 2.24) is 0 Å². The number of aliphatic carboxylic acids is 1. The predicted molar refractivity (Wildman–Crippen MR) is 105 cm³/mol. The highest BCUT2D eigenvalue weighted by molar-refractivity contribution is 5.79. The third-order valence-electron chi connectivity index (χ3n) is 4.08. The average molecular weight is 335 g/mol. The summed E-state index contributed by atoms with van der Waals surface area (Å²) in [6.45, 7) is 2.25. The first kappa shape index (κ1) is 22.7. The van der Waals surface area contributed by atoms with E-state index >= 15 is 0 Å². The predicted octanol–water partition coefficient (Wildman–Crippen LogP) is 7.22. The van der Waals surface area contributed by atoms with Crippen molar-refractivity contribution < 1.29 is 9.90 Å². The van der Waals surface area contributed by atoms with Crippen molar-refractivity contribution in [3.63, 3.8) is 0 Å². The van der Waals surface area contributed by atoms with Gasteiger partial charge in [-0.1, -0.05) is 82.2 Å². The Kier molecular flexibility index (Phi) is 18.7. The molecule has 0 aromatic carbocycles. The molecular formula is C22H38O2. The number of carboxylic acid groups (broad SMARTS) is 1. The monoisotopic (exact) mass is 334 g/mol. The maximum atomic E-state index is 10.3. The Hall–Kier alpha value is -1.31. The lowest BCUT2D eigenvalue weighted by Gasteiger charge is -2.00. The Bertz CT molecular complexity index is 353. The van der Waals surface area contributed by atoms with Gasteiger partial charge in [0.25, 0.3) is 0 Å². The summed E-state index contributed by atoms with van der Waals surface area (Å²) < 4.78 is 0. The van der Waals surface area contributed by atoms with Gasteiger partial charge in [-0.05, 0) is 44.9 Å². The molecule has 0 fully saturated rings. The molecule has 0 aliphatic heterocycles. The second-order valence-corrected chi connectivity index (χ2v) is 6.47. The zero-order valence-electron chi connectivity index (χ0n) is 15.7. The van der Waals surface area contributed by atoms with Crippen LogP contribution in [0.3, 0.4) is 0 Å². The molecule has 0 bridgehead atoms. The number of carboxylic acids is 1. The number of rotatable bonds is 17. The van der Waals surface area contributed by atoms with Crippen LogP contribution in [-0.2, 0) is 4.79 Å². The summed E-state index contributed by atoms with van der Waals surface area (Å²) in [4.78, 5) is 10.3. The maximum Gasteiger partial charge on any atom is 0.327 e. The van der Waals surface area contributed by atoms with Crippen LogP contribution in [0.15, 0.2) is 36.5 Å². The van der Waals surface area contributed by atoms with Crippen LogP contribution in [0.25, 0.3) is 0 Å². The Morgan fingerprint density at radius 1 is 0.667 bits per heavy atom. The van der Waals surface area contributed by atoms with E-state index in [4.69, 9.17) is 5.11 Å². The standard InChI is InChI=1S/C22H38O2/c1-2-3-4-5-6-7-8-9-10-11-12-13-14-15-16-17-18-19-20-21-22(23)24/h6-7,9-10,20-21H,2-5,8,11-19H2,1H3,(H,23,24). The van der Waals surface area contributed by atoms with Gasteiger partial charge >= 0.3 is 5.97 Å². The quantitative estimate of drug-likeness (QED) is 0.173. The van der Waals surface area contributed by atoms with Gasteiger partial charge < -0.3 is 5.11 Å². The maximum absolute atomic E-state index is 10.3. The molecule has 0 saturated carbocycles. The van der Waals surface area contributed by atoms with Gasteiger partial charge in [0.05, 0.1) is 0 Å². The number of unbranched alkanes of at least 4 members (excludes halogenated alkanes) is 11. The summed E-state index contributed by atoms with van der Waals surface area (Å²) in [5.74, 6) is -0.841. The van der Waals surface area contributed by atoms with E-state index in [1.807, 2.05) is 0 Å². The molecule has 24 heavy (non-hydrogen) atoms. The first-order valence-corrected chi connectivity index (χ1v) is 9.96. The van der Waals surface area contributed by atoms with E-state index in [1.165, 1.54) is 76.7 Å². The lowest BCUT2D eigenvalue weighted by molar-refractivity contribution is -0.131. The first-order chi connectivity index (χ1) is 11.8. The summed E-state index contributed by atoms with van der Waals surface area (Å²) in [7, 11) is 0. The average Bonchev–Trinajstić information content (AvgIpc) is 2.56. The molecule has 0 aliphatic rings. The molecule has 0 spiro atoms. The van der Waals surface area contributed by atoms with Crippen LogP contribution in [0.5, 0.6) is 0 Å². The molecule has 0 radical (unpaired) electrons. The van der Waals surface area contributed by atoms with Crippen molar-refractivity contribution in [3.8, 4) is 0 Å². The van der Waals surface area contributed by atoms with Crippen molar-refractivity contribution >= 4 is 5.97 Å². The second kappa shape index (κ2) is 19.7. The molecule has 0 aliphatic carbocycles. The number of hydrogen-bond acceptors (Lipinski definition) is 1. The molecule has 2 nitrogen and oxygen atoms in total. The minimum Gasteiger partial charge on any atom is -0.478 e. The molecule has 0 aromatic heterocycles. The van der Waals surface area contributed by atoms with Gasteiger partial charge in [0.2, 0.25) is 0 Å². The lowest BCUT2D eigenvalue weighted by Crippen LogP contribution is -1.85. The molecule has 0 unspecified atom stereocenters. The fraction of sp³-hybridized carbons (Fsp3) is 0.682.